The zero-order valence-corrected chi connectivity index (χ0v) is 17.0. The molecule has 146 valence electrons. The Morgan fingerprint density at radius 3 is 1.97 bits per heavy atom. The molecule has 0 saturated heterocycles. The first kappa shape index (κ1) is 20.9. The Morgan fingerprint density at radius 2 is 1.37 bits per heavy atom. The molecule has 0 aliphatic rings. The van der Waals surface area contributed by atoms with Gasteiger partial charge in [0.1, 0.15) is 11.9 Å². The summed E-state index contributed by atoms with van der Waals surface area (Å²) < 4.78 is 13.6. The van der Waals surface area contributed by atoms with Gasteiger partial charge in [-0.05, 0) is 71.7 Å². The van der Waals surface area contributed by atoms with Gasteiger partial charge in [0.25, 0.3) is 0 Å². The average molecular weight is 391 g/mol. The minimum Gasteiger partial charge on any atom is -0.206 e. The minimum atomic E-state index is -0.568. The lowest BCUT2D eigenvalue weighted by molar-refractivity contribution is 0.623. The van der Waals surface area contributed by atoms with Gasteiger partial charge in [-0.3, -0.25) is 0 Å². The van der Waals surface area contributed by atoms with Gasteiger partial charge in [0.2, 0.25) is 0 Å². The van der Waals surface area contributed by atoms with Crippen molar-refractivity contribution in [2.24, 2.45) is 0 Å². The van der Waals surface area contributed by atoms with E-state index in [9.17, 15) is 4.39 Å². The molecule has 30 heavy (non-hydrogen) atoms. The zero-order valence-electron chi connectivity index (χ0n) is 17.0. The molecule has 1 nitrogen and oxygen atoms in total. The maximum Gasteiger partial charge on any atom is 0.142 e. The van der Waals surface area contributed by atoms with E-state index in [2.05, 4.69) is 67.0 Å². The molecule has 0 heterocycles. The van der Waals surface area contributed by atoms with E-state index < -0.39 is 5.82 Å². The lowest BCUT2D eigenvalue weighted by atomic mass is 10.0. The molecule has 0 unspecified atom stereocenters. The van der Waals surface area contributed by atoms with Crippen molar-refractivity contribution in [1.29, 1.82) is 5.26 Å². The SMILES string of the molecule is CCCCCc1ccc(-c2ccc(C#CC#Cc3ccc(C#N)c(F)c3)cc2)cc1. The highest BCUT2D eigenvalue weighted by Gasteiger charge is 2.00. The molecule has 3 aromatic carbocycles. The summed E-state index contributed by atoms with van der Waals surface area (Å²) in [6.45, 7) is 2.22. The van der Waals surface area contributed by atoms with E-state index in [1.54, 1.807) is 12.1 Å². The molecule has 0 saturated carbocycles. The molecular weight excluding hydrogens is 369 g/mol. The molecule has 0 aliphatic carbocycles. The van der Waals surface area contributed by atoms with Crippen LogP contribution < -0.4 is 0 Å². The van der Waals surface area contributed by atoms with Crippen LogP contribution in [0.1, 0.15) is 48.4 Å². The topological polar surface area (TPSA) is 23.8 Å². The van der Waals surface area contributed by atoms with Gasteiger partial charge in [0.15, 0.2) is 0 Å². The third-order valence-electron chi connectivity index (χ3n) is 4.81. The van der Waals surface area contributed by atoms with Gasteiger partial charge in [-0.15, -0.1) is 0 Å². The molecule has 3 rings (SSSR count). The molecule has 0 bridgehead atoms. The van der Waals surface area contributed by atoms with Gasteiger partial charge in [0.05, 0.1) is 5.56 Å². The smallest absolute Gasteiger partial charge is 0.142 e. The third-order valence-corrected chi connectivity index (χ3v) is 4.81. The van der Waals surface area contributed by atoms with E-state index in [1.807, 2.05) is 12.1 Å². The van der Waals surface area contributed by atoms with Crippen LogP contribution in [0.25, 0.3) is 11.1 Å². The highest BCUT2D eigenvalue weighted by atomic mass is 19.1. The van der Waals surface area contributed by atoms with E-state index in [0.29, 0.717) is 5.56 Å². The summed E-state index contributed by atoms with van der Waals surface area (Å²) >= 11 is 0. The van der Waals surface area contributed by atoms with Gasteiger partial charge in [-0.2, -0.15) is 5.26 Å². The quantitative estimate of drug-likeness (QED) is 0.360. The molecule has 0 spiro atoms. The number of rotatable bonds is 5. The Balaban J connectivity index is 1.63. The third kappa shape index (κ3) is 5.85. The molecule has 2 heteroatoms. The fraction of sp³-hybridized carbons (Fsp3) is 0.179. The fourth-order valence-electron chi connectivity index (χ4n) is 3.08. The van der Waals surface area contributed by atoms with Crippen molar-refractivity contribution in [1.82, 2.24) is 0 Å². The summed E-state index contributed by atoms with van der Waals surface area (Å²) in [5.74, 6) is 10.7. The first-order valence-electron chi connectivity index (χ1n) is 10.1. The summed E-state index contributed by atoms with van der Waals surface area (Å²) in [7, 11) is 0. The molecule has 3 aromatic rings. The number of hydrogen-bond acceptors (Lipinski definition) is 1. The second kappa shape index (κ2) is 10.7. The number of nitrogens with zero attached hydrogens (tertiary/aromatic N) is 1. The predicted molar refractivity (Wildman–Crippen MR) is 120 cm³/mol. The first-order chi connectivity index (χ1) is 14.7. The molecule has 0 N–H and O–H groups in total. The van der Waals surface area contributed by atoms with Crippen LogP contribution in [0, 0.1) is 40.8 Å². The summed E-state index contributed by atoms with van der Waals surface area (Å²) in [5, 5.41) is 8.75. The Kier molecular flexibility index (Phi) is 7.44. The van der Waals surface area contributed by atoms with Crippen LogP contribution in [-0.2, 0) is 6.42 Å². The zero-order chi connectivity index (χ0) is 21.2. The largest absolute Gasteiger partial charge is 0.206 e. The van der Waals surface area contributed by atoms with Crippen LogP contribution in [0.15, 0.2) is 66.7 Å². The van der Waals surface area contributed by atoms with Crippen molar-refractivity contribution in [2.75, 3.05) is 0 Å². The number of aryl methyl sites for hydroxylation is 1. The lowest BCUT2D eigenvalue weighted by Gasteiger charge is -2.05. The molecule has 0 amide bonds. The first-order valence-corrected chi connectivity index (χ1v) is 10.1. The number of benzene rings is 3. The monoisotopic (exact) mass is 391 g/mol. The van der Waals surface area contributed by atoms with E-state index in [1.165, 1.54) is 42.5 Å². The van der Waals surface area contributed by atoms with Crippen molar-refractivity contribution in [3.8, 4) is 40.9 Å². The van der Waals surface area contributed by atoms with Gasteiger partial charge >= 0.3 is 0 Å². The predicted octanol–water partition coefficient (Wildman–Crippen LogP) is 6.50. The van der Waals surface area contributed by atoms with Crippen molar-refractivity contribution in [3.63, 3.8) is 0 Å². The lowest BCUT2D eigenvalue weighted by Crippen LogP contribution is -1.86. The van der Waals surface area contributed by atoms with Gasteiger partial charge in [0, 0.05) is 11.1 Å². The number of unbranched alkanes of at least 4 members (excludes halogenated alkanes) is 2. The van der Waals surface area contributed by atoms with E-state index in [4.69, 9.17) is 5.26 Å². The van der Waals surface area contributed by atoms with E-state index in [0.717, 1.165) is 17.5 Å². The number of nitriles is 1. The van der Waals surface area contributed by atoms with Crippen LogP contribution in [-0.4, -0.2) is 0 Å². The Morgan fingerprint density at radius 1 is 0.767 bits per heavy atom. The Labute approximate surface area is 178 Å². The normalized spacial score (nSPS) is 9.63. The molecular formula is C28H22FN. The van der Waals surface area contributed by atoms with Crippen molar-refractivity contribution >= 4 is 0 Å². The Hall–Kier alpha value is -3.80. The van der Waals surface area contributed by atoms with Crippen LogP contribution in [0.2, 0.25) is 0 Å². The Bertz CT molecular complexity index is 1160. The summed E-state index contributed by atoms with van der Waals surface area (Å²) in [5.41, 5.74) is 5.11. The average Bonchev–Trinajstić information content (AvgIpc) is 2.78. The van der Waals surface area contributed by atoms with Crippen LogP contribution in [0.5, 0.6) is 0 Å². The molecule has 0 aliphatic heterocycles. The van der Waals surface area contributed by atoms with Crippen molar-refractivity contribution in [3.05, 3.63) is 94.8 Å². The second-order valence-electron chi connectivity index (χ2n) is 7.04. The molecule has 0 atom stereocenters. The molecule has 0 radical (unpaired) electrons. The highest BCUT2D eigenvalue weighted by molar-refractivity contribution is 5.64. The standard InChI is InChI=1S/C28H22FN/c1-2-3-4-7-22-10-15-25(16-11-22)26-17-12-23(13-18-26)8-5-6-9-24-14-19-27(21-30)28(29)20-24/h10-20H,2-4,7H2,1H3. The van der Waals surface area contributed by atoms with Crippen molar-refractivity contribution < 1.29 is 4.39 Å². The van der Waals surface area contributed by atoms with Gasteiger partial charge < -0.3 is 0 Å². The molecule has 0 fully saturated rings. The van der Waals surface area contributed by atoms with E-state index >= 15 is 0 Å². The van der Waals surface area contributed by atoms with Gasteiger partial charge in [-0.25, -0.2) is 4.39 Å². The second-order valence-corrected chi connectivity index (χ2v) is 7.04. The van der Waals surface area contributed by atoms with E-state index in [-0.39, 0.29) is 5.56 Å². The maximum absolute atomic E-state index is 13.6. The summed E-state index contributed by atoms with van der Waals surface area (Å²) in [6.07, 6.45) is 4.90. The fourth-order valence-corrected chi connectivity index (χ4v) is 3.08. The summed E-state index contributed by atoms with van der Waals surface area (Å²) in [6, 6.07) is 22.9. The van der Waals surface area contributed by atoms with Crippen molar-refractivity contribution in [2.45, 2.75) is 32.6 Å². The highest BCUT2D eigenvalue weighted by Crippen LogP contribution is 2.21. The molecule has 0 aromatic heterocycles. The number of halogens is 1. The minimum absolute atomic E-state index is 0.0119. The van der Waals surface area contributed by atoms with Crippen LogP contribution in [0.4, 0.5) is 4.39 Å². The number of hydrogen-bond donors (Lipinski definition) is 0. The maximum atomic E-state index is 13.6. The van der Waals surface area contributed by atoms with Crippen LogP contribution >= 0.6 is 0 Å². The summed E-state index contributed by atoms with van der Waals surface area (Å²) in [4.78, 5) is 0. The van der Waals surface area contributed by atoms with Gasteiger partial charge in [-0.1, -0.05) is 68.0 Å². The van der Waals surface area contributed by atoms with Crippen LogP contribution in [0.3, 0.4) is 0 Å².